The zero-order chi connectivity index (χ0) is 21.2. The fourth-order valence-electron chi connectivity index (χ4n) is 2.84. The van der Waals surface area contributed by atoms with Crippen molar-refractivity contribution in [3.8, 4) is 5.88 Å². The lowest BCUT2D eigenvalue weighted by atomic mass is 10.1. The number of pyridine rings is 1. The van der Waals surface area contributed by atoms with E-state index >= 15 is 0 Å². The smallest absolute Gasteiger partial charge is 0.391 e. The molecule has 0 spiro atoms. The molecule has 2 N–H and O–H groups in total. The monoisotopic (exact) mass is 427 g/mol. The third-order valence-corrected chi connectivity index (χ3v) is 6.09. The molecule has 11 heteroatoms. The minimum absolute atomic E-state index is 0.00918. The van der Waals surface area contributed by atoms with Gasteiger partial charge in [0.25, 0.3) is 0 Å². The molecule has 0 saturated carbocycles. The number of ether oxygens (including phenoxy) is 1. The Kier molecular flexibility index (Phi) is 5.62. The molecule has 0 aliphatic carbocycles. The molecule has 0 fully saturated rings. The maximum atomic E-state index is 12.9. The summed E-state index contributed by atoms with van der Waals surface area (Å²) in [6.45, 7) is 0.0312. The summed E-state index contributed by atoms with van der Waals surface area (Å²) in [5, 5.41) is 0. The van der Waals surface area contributed by atoms with Gasteiger partial charge in [0.1, 0.15) is 0 Å². The van der Waals surface area contributed by atoms with Crippen molar-refractivity contribution in [2.45, 2.75) is 17.5 Å². The summed E-state index contributed by atoms with van der Waals surface area (Å²) in [5.74, 6) is 0.00918. The molecule has 1 amide bonds. The Hall–Kier alpha value is -2.92. The van der Waals surface area contributed by atoms with Gasteiger partial charge in [-0.25, -0.2) is 18.2 Å². The number of hydrogen-bond donors (Lipinski definition) is 1. The number of aromatic nitrogens is 1. The number of alkyl halides is 3. The molecule has 0 atom stereocenters. The Morgan fingerprint density at radius 3 is 2.52 bits per heavy atom. The lowest BCUT2D eigenvalue weighted by Crippen LogP contribution is -2.34. The van der Waals surface area contributed by atoms with Gasteiger partial charge in [0.15, 0.2) is 0 Å². The van der Waals surface area contributed by atoms with Crippen molar-refractivity contribution in [2.75, 3.05) is 13.1 Å². The Bertz CT molecular complexity index is 1070. The van der Waals surface area contributed by atoms with E-state index < -0.39 is 32.8 Å². The molecule has 7 nitrogen and oxygen atoms in total. The van der Waals surface area contributed by atoms with Gasteiger partial charge in [0.2, 0.25) is 15.9 Å². The minimum atomic E-state index is -4.63. The maximum absolute atomic E-state index is 12.9. The highest BCUT2D eigenvalue weighted by molar-refractivity contribution is 7.89. The van der Waals surface area contributed by atoms with E-state index in [0.717, 1.165) is 28.1 Å². The first-order chi connectivity index (χ1) is 13.6. The lowest BCUT2D eigenvalue weighted by Gasteiger charge is -2.26. The SMILES string of the molecule is NC(=O)Oc1cccc(C2=CCN(S(=O)(=O)c3cccc(C(F)(F)F)c3)CC2)n1. The number of halogens is 3. The molecule has 0 unspecified atom stereocenters. The highest BCUT2D eigenvalue weighted by Crippen LogP contribution is 2.32. The van der Waals surface area contributed by atoms with Crippen LogP contribution in [-0.2, 0) is 16.2 Å². The first-order valence-electron chi connectivity index (χ1n) is 8.38. The highest BCUT2D eigenvalue weighted by atomic mass is 32.2. The number of benzene rings is 1. The number of nitrogens with zero attached hydrogens (tertiary/aromatic N) is 2. The average molecular weight is 427 g/mol. The van der Waals surface area contributed by atoms with E-state index in [-0.39, 0.29) is 25.4 Å². The predicted octanol–water partition coefficient (Wildman–Crippen LogP) is 3.04. The molecule has 1 aromatic heterocycles. The van der Waals surface area contributed by atoms with E-state index in [4.69, 9.17) is 10.5 Å². The van der Waals surface area contributed by atoms with Crippen LogP contribution < -0.4 is 10.5 Å². The Morgan fingerprint density at radius 2 is 1.90 bits per heavy atom. The number of carbonyl (C=O) groups is 1. The fourth-order valence-corrected chi connectivity index (χ4v) is 4.26. The Labute approximate surface area is 164 Å². The van der Waals surface area contributed by atoms with Crippen molar-refractivity contribution in [2.24, 2.45) is 5.73 Å². The van der Waals surface area contributed by atoms with E-state index in [0.29, 0.717) is 11.8 Å². The number of nitrogens with two attached hydrogens (primary N) is 1. The second-order valence-corrected chi connectivity index (χ2v) is 8.09. The summed E-state index contributed by atoms with van der Waals surface area (Å²) in [7, 11) is -4.09. The van der Waals surface area contributed by atoms with Crippen molar-refractivity contribution >= 4 is 21.7 Å². The molecule has 154 valence electrons. The van der Waals surface area contributed by atoms with Gasteiger partial charge in [-0.2, -0.15) is 17.5 Å². The fraction of sp³-hybridized carbons (Fsp3) is 0.222. The molecule has 2 heterocycles. The maximum Gasteiger partial charge on any atom is 0.416 e. The molecule has 0 radical (unpaired) electrons. The van der Waals surface area contributed by atoms with Crippen LogP contribution in [0.25, 0.3) is 5.57 Å². The van der Waals surface area contributed by atoms with Crippen molar-refractivity contribution in [1.29, 1.82) is 0 Å². The number of hydrogen-bond acceptors (Lipinski definition) is 5. The van der Waals surface area contributed by atoms with Gasteiger partial charge in [-0.3, -0.25) is 0 Å². The molecule has 2 aromatic rings. The van der Waals surface area contributed by atoms with Crippen LogP contribution in [0, 0.1) is 0 Å². The number of sulfonamides is 1. The van der Waals surface area contributed by atoms with E-state index in [1.165, 1.54) is 6.07 Å². The van der Waals surface area contributed by atoms with Gasteiger partial charge < -0.3 is 10.5 Å². The Balaban J connectivity index is 1.81. The molecule has 0 bridgehead atoms. The van der Waals surface area contributed by atoms with Crippen molar-refractivity contribution in [1.82, 2.24) is 9.29 Å². The van der Waals surface area contributed by atoms with Crippen molar-refractivity contribution in [3.05, 3.63) is 59.8 Å². The van der Waals surface area contributed by atoms with Crippen LogP contribution in [0.5, 0.6) is 5.88 Å². The third kappa shape index (κ3) is 4.74. The first kappa shape index (κ1) is 20.8. The molecule has 1 aromatic carbocycles. The van der Waals surface area contributed by atoms with Crippen LogP contribution in [0.15, 0.2) is 53.4 Å². The summed E-state index contributed by atoms with van der Waals surface area (Å²) in [6, 6.07) is 8.36. The van der Waals surface area contributed by atoms with Crippen LogP contribution in [0.3, 0.4) is 0 Å². The van der Waals surface area contributed by atoms with E-state index in [2.05, 4.69) is 4.98 Å². The molecule has 1 aliphatic rings. The van der Waals surface area contributed by atoms with Gasteiger partial charge in [-0.1, -0.05) is 18.2 Å². The number of rotatable bonds is 4. The molecular formula is C18H16F3N3O4S. The van der Waals surface area contributed by atoms with E-state index in [9.17, 15) is 26.4 Å². The zero-order valence-electron chi connectivity index (χ0n) is 14.9. The largest absolute Gasteiger partial charge is 0.416 e. The van der Waals surface area contributed by atoms with Gasteiger partial charge in [-0.05, 0) is 36.3 Å². The van der Waals surface area contributed by atoms with Crippen LogP contribution in [0.1, 0.15) is 17.7 Å². The predicted molar refractivity (Wildman–Crippen MR) is 97.2 cm³/mol. The molecular weight excluding hydrogens is 411 g/mol. The second kappa shape index (κ2) is 7.84. The highest BCUT2D eigenvalue weighted by Gasteiger charge is 2.33. The summed E-state index contributed by atoms with van der Waals surface area (Å²) < 4.78 is 69.9. The summed E-state index contributed by atoms with van der Waals surface area (Å²) in [5.41, 5.74) is 5.13. The zero-order valence-corrected chi connectivity index (χ0v) is 15.7. The minimum Gasteiger partial charge on any atom is -0.391 e. The van der Waals surface area contributed by atoms with Gasteiger partial charge in [-0.15, -0.1) is 0 Å². The standard InChI is InChI=1S/C18H16F3N3O4S/c19-18(20,21)13-3-1-4-14(11-13)29(26,27)24-9-7-12(8-10-24)15-5-2-6-16(23-15)28-17(22)25/h1-7,11H,8-10H2,(H2,22,25). The summed E-state index contributed by atoms with van der Waals surface area (Å²) in [6.07, 6.45) is -3.74. The summed E-state index contributed by atoms with van der Waals surface area (Å²) in [4.78, 5) is 14.6. The van der Waals surface area contributed by atoms with Crippen molar-refractivity contribution < 1.29 is 31.1 Å². The van der Waals surface area contributed by atoms with E-state index in [1.807, 2.05) is 0 Å². The van der Waals surface area contributed by atoms with Crippen LogP contribution >= 0.6 is 0 Å². The van der Waals surface area contributed by atoms with Crippen molar-refractivity contribution in [3.63, 3.8) is 0 Å². The first-order valence-corrected chi connectivity index (χ1v) is 9.82. The van der Waals surface area contributed by atoms with Gasteiger partial charge >= 0.3 is 12.3 Å². The number of carbonyl (C=O) groups excluding carboxylic acids is 1. The number of amides is 1. The summed E-state index contributed by atoms with van der Waals surface area (Å²) >= 11 is 0. The normalized spacial score (nSPS) is 15.6. The Morgan fingerprint density at radius 1 is 1.17 bits per heavy atom. The molecule has 0 saturated heterocycles. The van der Waals surface area contributed by atoms with Crippen LogP contribution in [0.4, 0.5) is 18.0 Å². The van der Waals surface area contributed by atoms with Gasteiger partial charge in [0.05, 0.1) is 16.2 Å². The third-order valence-electron chi connectivity index (χ3n) is 4.23. The lowest BCUT2D eigenvalue weighted by molar-refractivity contribution is -0.137. The molecule has 1 aliphatic heterocycles. The average Bonchev–Trinajstić information content (AvgIpc) is 2.67. The quantitative estimate of drug-likeness (QED) is 0.808. The van der Waals surface area contributed by atoms with E-state index in [1.54, 1.807) is 18.2 Å². The van der Waals surface area contributed by atoms with Crippen LogP contribution in [-0.4, -0.2) is 36.9 Å². The van der Waals surface area contributed by atoms with Crippen LogP contribution in [0.2, 0.25) is 0 Å². The topological polar surface area (TPSA) is 103 Å². The second-order valence-electron chi connectivity index (χ2n) is 6.15. The number of primary amides is 1. The van der Waals surface area contributed by atoms with Gasteiger partial charge in [0, 0.05) is 19.2 Å². The molecule has 3 rings (SSSR count). The molecule has 29 heavy (non-hydrogen) atoms.